The van der Waals surface area contributed by atoms with Crippen LogP contribution in [0, 0.1) is 18.6 Å². The van der Waals surface area contributed by atoms with Crippen molar-refractivity contribution in [2.75, 3.05) is 23.2 Å². The van der Waals surface area contributed by atoms with Crippen molar-refractivity contribution in [3.63, 3.8) is 0 Å². The average Bonchev–Trinajstić information content (AvgIpc) is 3.13. The minimum atomic E-state index is -3.68. The molecule has 3 rings (SSSR count). The maximum atomic E-state index is 13.8. The number of nitrogens with one attached hydrogen (secondary N) is 1. The van der Waals surface area contributed by atoms with Crippen LogP contribution in [0.15, 0.2) is 41.3 Å². The van der Waals surface area contributed by atoms with Gasteiger partial charge in [-0.05, 0) is 31.2 Å². The summed E-state index contributed by atoms with van der Waals surface area (Å²) in [5.74, 6) is -2.88. The van der Waals surface area contributed by atoms with Crippen molar-refractivity contribution < 1.29 is 26.8 Å². The van der Waals surface area contributed by atoms with E-state index in [1.165, 1.54) is 34.9 Å². The Bertz CT molecular complexity index is 1070. The van der Waals surface area contributed by atoms with E-state index in [2.05, 4.69) is 5.32 Å². The smallest absolute Gasteiger partial charge is 0.256 e. The lowest BCUT2D eigenvalue weighted by molar-refractivity contribution is -0.119. The third-order valence-corrected chi connectivity index (χ3v) is 6.59. The third-order valence-electron chi connectivity index (χ3n) is 4.42. The molecule has 10 heteroatoms. The fourth-order valence-corrected chi connectivity index (χ4v) is 4.99. The van der Waals surface area contributed by atoms with Crippen LogP contribution in [0.1, 0.15) is 15.9 Å². The SMILES string of the molecule is Cc1ccc(S(C)(=O)=O)c(C(=O)N2CSCC2C(=O)Nc2c(F)cccc2F)c1. The molecule has 1 aliphatic rings. The van der Waals surface area contributed by atoms with E-state index in [-0.39, 0.29) is 22.1 Å². The summed E-state index contributed by atoms with van der Waals surface area (Å²) >= 11 is 1.29. The molecular formula is C19H18F2N2O4S2. The Morgan fingerprint density at radius 3 is 2.45 bits per heavy atom. The molecule has 154 valence electrons. The topological polar surface area (TPSA) is 83.6 Å². The highest BCUT2D eigenvalue weighted by Gasteiger charge is 2.37. The van der Waals surface area contributed by atoms with Gasteiger partial charge in [0.25, 0.3) is 5.91 Å². The molecule has 0 saturated carbocycles. The first kappa shape index (κ1) is 21.3. The number of aryl methyl sites for hydroxylation is 1. The van der Waals surface area contributed by atoms with Crippen LogP contribution in [0.4, 0.5) is 14.5 Å². The van der Waals surface area contributed by atoms with E-state index in [0.29, 0.717) is 5.56 Å². The summed E-state index contributed by atoms with van der Waals surface area (Å²) in [5.41, 5.74) is 0.0566. The Labute approximate surface area is 171 Å². The number of anilines is 1. The Balaban J connectivity index is 1.91. The van der Waals surface area contributed by atoms with E-state index < -0.39 is 45.0 Å². The molecule has 1 heterocycles. The van der Waals surface area contributed by atoms with Crippen molar-refractivity contribution in [1.82, 2.24) is 4.90 Å². The van der Waals surface area contributed by atoms with Crippen LogP contribution < -0.4 is 5.32 Å². The maximum Gasteiger partial charge on any atom is 0.256 e. The van der Waals surface area contributed by atoms with Gasteiger partial charge >= 0.3 is 0 Å². The molecule has 2 aromatic carbocycles. The molecular weight excluding hydrogens is 422 g/mol. The number of halogens is 2. The monoisotopic (exact) mass is 440 g/mol. The van der Waals surface area contributed by atoms with Crippen LogP contribution in [-0.2, 0) is 14.6 Å². The lowest BCUT2D eigenvalue weighted by atomic mass is 10.1. The van der Waals surface area contributed by atoms with E-state index in [4.69, 9.17) is 0 Å². The maximum absolute atomic E-state index is 13.8. The van der Waals surface area contributed by atoms with Crippen LogP contribution >= 0.6 is 11.8 Å². The van der Waals surface area contributed by atoms with E-state index >= 15 is 0 Å². The number of carbonyl (C=O) groups excluding carboxylic acids is 2. The molecule has 0 aliphatic carbocycles. The summed E-state index contributed by atoms with van der Waals surface area (Å²) in [7, 11) is -3.68. The molecule has 0 radical (unpaired) electrons. The molecule has 2 aromatic rings. The van der Waals surface area contributed by atoms with Gasteiger partial charge in [0.2, 0.25) is 5.91 Å². The number of hydrogen-bond donors (Lipinski definition) is 1. The number of nitrogens with zero attached hydrogens (tertiary/aromatic N) is 1. The van der Waals surface area contributed by atoms with Gasteiger partial charge in [-0.1, -0.05) is 17.7 Å². The molecule has 2 amide bonds. The summed E-state index contributed by atoms with van der Waals surface area (Å²) in [6, 6.07) is 6.58. The van der Waals surface area contributed by atoms with Crippen LogP contribution in [-0.4, -0.2) is 49.1 Å². The van der Waals surface area contributed by atoms with Gasteiger partial charge in [-0.2, -0.15) is 0 Å². The van der Waals surface area contributed by atoms with Gasteiger partial charge in [-0.25, -0.2) is 17.2 Å². The van der Waals surface area contributed by atoms with Crippen molar-refractivity contribution in [2.24, 2.45) is 0 Å². The molecule has 1 atom stereocenters. The molecule has 1 N–H and O–H groups in total. The van der Waals surface area contributed by atoms with Crippen LogP contribution in [0.25, 0.3) is 0 Å². The molecule has 1 saturated heterocycles. The number of para-hydroxylation sites is 1. The van der Waals surface area contributed by atoms with Gasteiger partial charge in [0.05, 0.1) is 16.3 Å². The predicted molar refractivity (Wildman–Crippen MR) is 107 cm³/mol. The van der Waals surface area contributed by atoms with E-state index in [0.717, 1.165) is 18.4 Å². The lowest BCUT2D eigenvalue weighted by Crippen LogP contribution is -2.45. The van der Waals surface area contributed by atoms with Gasteiger partial charge in [0.15, 0.2) is 9.84 Å². The minimum Gasteiger partial charge on any atom is -0.319 e. The number of rotatable bonds is 4. The van der Waals surface area contributed by atoms with Gasteiger partial charge < -0.3 is 10.2 Å². The second-order valence-electron chi connectivity index (χ2n) is 6.65. The quantitative estimate of drug-likeness (QED) is 0.791. The first-order valence-electron chi connectivity index (χ1n) is 8.54. The van der Waals surface area contributed by atoms with Crippen LogP contribution in [0.2, 0.25) is 0 Å². The second kappa shape index (κ2) is 8.11. The average molecular weight is 440 g/mol. The minimum absolute atomic E-state index is 0.0372. The Morgan fingerprint density at radius 2 is 1.83 bits per heavy atom. The highest BCUT2D eigenvalue weighted by atomic mass is 32.2. The van der Waals surface area contributed by atoms with Crippen molar-refractivity contribution in [2.45, 2.75) is 17.9 Å². The summed E-state index contributed by atoms with van der Waals surface area (Å²) in [5, 5.41) is 2.20. The summed E-state index contributed by atoms with van der Waals surface area (Å²) in [6.45, 7) is 1.71. The fraction of sp³-hybridized carbons (Fsp3) is 0.263. The highest BCUT2D eigenvalue weighted by molar-refractivity contribution is 7.99. The van der Waals surface area contributed by atoms with Crippen molar-refractivity contribution in [3.8, 4) is 0 Å². The van der Waals surface area contributed by atoms with Crippen molar-refractivity contribution in [3.05, 3.63) is 59.2 Å². The van der Waals surface area contributed by atoms with Crippen LogP contribution in [0.5, 0.6) is 0 Å². The summed E-state index contributed by atoms with van der Waals surface area (Å²) < 4.78 is 51.8. The van der Waals surface area contributed by atoms with Gasteiger partial charge in [0.1, 0.15) is 23.4 Å². The molecule has 0 spiro atoms. The van der Waals surface area contributed by atoms with Gasteiger partial charge in [-0.3, -0.25) is 9.59 Å². The molecule has 1 aliphatic heterocycles. The number of carbonyl (C=O) groups is 2. The predicted octanol–water partition coefficient (Wildman–Crippen LogP) is 2.83. The zero-order valence-electron chi connectivity index (χ0n) is 15.6. The fourth-order valence-electron chi connectivity index (χ4n) is 2.97. The summed E-state index contributed by atoms with van der Waals surface area (Å²) in [4.78, 5) is 26.8. The Hall–Kier alpha value is -2.46. The van der Waals surface area contributed by atoms with Gasteiger partial charge in [-0.15, -0.1) is 11.8 Å². The van der Waals surface area contributed by atoms with Crippen LogP contribution in [0.3, 0.4) is 0 Å². The molecule has 0 aromatic heterocycles. The Kier molecular flexibility index (Phi) is 5.95. The molecule has 0 bridgehead atoms. The van der Waals surface area contributed by atoms with Crippen molar-refractivity contribution >= 4 is 39.1 Å². The summed E-state index contributed by atoms with van der Waals surface area (Å²) in [6.07, 6.45) is 0.998. The number of benzene rings is 2. The number of thioether (sulfide) groups is 1. The van der Waals surface area contributed by atoms with Gasteiger partial charge in [0, 0.05) is 12.0 Å². The zero-order valence-corrected chi connectivity index (χ0v) is 17.2. The highest BCUT2D eigenvalue weighted by Crippen LogP contribution is 2.28. The molecule has 1 unspecified atom stereocenters. The lowest BCUT2D eigenvalue weighted by Gasteiger charge is -2.24. The van der Waals surface area contributed by atoms with Crippen molar-refractivity contribution in [1.29, 1.82) is 0 Å². The van der Waals surface area contributed by atoms with E-state index in [9.17, 15) is 26.8 Å². The number of sulfone groups is 1. The second-order valence-corrected chi connectivity index (χ2v) is 9.63. The molecule has 29 heavy (non-hydrogen) atoms. The Morgan fingerprint density at radius 1 is 1.17 bits per heavy atom. The number of amides is 2. The normalized spacial score (nSPS) is 16.7. The third kappa shape index (κ3) is 4.43. The van der Waals surface area contributed by atoms with E-state index in [1.54, 1.807) is 13.0 Å². The first-order chi connectivity index (χ1) is 13.6. The largest absolute Gasteiger partial charge is 0.319 e. The number of hydrogen-bond acceptors (Lipinski definition) is 5. The molecule has 6 nitrogen and oxygen atoms in total. The molecule has 1 fully saturated rings. The van der Waals surface area contributed by atoms with E-state index in [1.807, 2.05) is 0 Å². The standard InChI is InChI=1S/C19H18F2N2O4S2/c1-11-6-7-16(29(2,26)27)12(8-11)19(25)23-10-28-9-15(23)18(24)22-17-13(20)4-3-5-14(17)21/h3-8,15H,9-10H2,1-2H3,(H,22,24). The zero-order chi connectivity index (χ0) is 21.3. The first-order valence-corrected chi connectivity index (χ1v) is 11.6.